The lowest BCUT2D eigenvalue weighted by Gasteiger charge is -2.49. The first-order chi connectivity index (χ1) is 13.9. The summed E-state index contributed by atoms with van der Waals surface area (Å²) in [4.78, 5) is 42.8. The van der Waals surface area contributed by atoms with Crippen LogP contribution in [0.25, 0.3) is 0 Å². The molecule has 0 radical (unpaired) electrons. The standard InChI is InChI=1S/C22H22BrN3O3/c1-3-25-20(28)16-9-5-7-11-18(16)26-19(27)12-13-22(25,26)21(29)24-14(2)15-8-4-6-10-17(15)23/h4-11,14H,3,12-13H2,1-2H3,(H,24,29)/t14-,22+/m0/s1. The predicted molar refractivity (Wildman–Crippen MR) is 113 cm³/mol. The molecule has 3 amide bonds. The van der Waals surface area contributed by atoms with E-state index in [1.54, 1.807) is 24.3 Å². The number of para-hydroxylation sites is 1. The van der Waals surface area contributed by atoms with E-state index in [0.717, 1.165) is 10.0 Å². The van der Waals surface area contributed by atoms with Crippen LogP contribution in [0.4, 0.5) is 5.69 Å². The maximum Gasteiger partial charge on any atom is 0.267 e. The largest absolute Gasteiger partial charge is 0.346 e. The maximum atomic E-state index is 13.7. The second-order valence-corrected chi connectivity index (χ2v) is 8.18. The van der Waals surface area contributed by atoms with E-state index >= 15 is 0 Å². The van der Waals surface area contributed by atoms with Crippen molar-refractivity contribution in [1.82, 2.24) is 10.2 Å². The lowest BCUT2D eigenvalue weighted by atomic mass is 9.95. The van der Waals surface area contributed by atoms with Gasteiger partial charge in [0.1, 0.15) is 0 Å². The monoisotopic (exact) mass is 455 g/mol. The third kappa shape index (κ3) is 2.87. The van der Waals surface area contributed by atoms with E-state index in [2.05, 4.69) is 21.2 Å². The van der Waals surface area contributed by atoms with Gasteiger partial charge in [0.05, 0.1) is 17.3 Å². The Hall–Kier alpha value is -2.67. The van der Waals surface area contributed by atoms with Gasteiger partial charge in [-0.2, -0.15) is 0 Å². The van der Waals surface area contributed by atoms with E-state index < -0.39 is 5.66 Å². The molecule has 2 aliphatic heterocycles. The smallest absolute Gasteiger partial charge is 0.267 e. The molecular weight excluding hydrogens is 434 g/mol. The van der Waals surface area contributed by atoms with Crippen molar-refractivity contribution in [3.63, 3.8) is 0 Å². The molecule has 0 aliphatic carbocycles. The van der Waals surface area contributed by atoms with Crippen molar-refractivity contribution < 1.29 is 14.4 Å². The molecule has 0 aromatic heterocycles. The number of carbonyl (C=O) groups is 3. The van der Waals surface area contributed by atoms with Gasteiger partial charge in [-0.05, 0) is 37.6 Å². The Labute approximate surface area is 178 Å². The SMILES string of the molecule is CCN1C(=O)c2ccccc2N2C(=O)CC[C@@]12C(=O)N[C@@H](C)c1ccccc1Br. The summed E-state index contributed by atoms with van der Waals surface area (Å²) in [6.45, 7) is 4.05. The summed E-state index contributed by atoms with van der Waals surface area (Å²) >= 11 is 3.52. The molecule has 2 aromatic rings. The number of carbonyl (C=O) groups excluding carboxylic acids is 3. The van der Waals surface area contributed by atoms with Crippen molar-refractivity contribution in [2.45, 2.75) is 38.4 Å². The Morgan fingerprint density at radius 2 is 1.86 bits per heavy atom. The Bertz CT molecular complexity index is 1010. The number of anilines is 1. The number of benzene rings is 2. The van der Waals surface area contributed by atoms with Crippen molar-refractivity contribution in [3.8, 4) is 0 Å². The topological polar surface area (TPSA) is 69.7 Å². The summed E-state index contributed by atoms with van der Waals surface area (Å²) in [7, 11) is 0. The third-order valence-corrected chi connectivity index (χ3v) is 6.50. The number of nitrogens with zero attached hydrogens (tertiary/aromatic N) is 2. The van der Waals surface area contributed by atoms with Gasteiger partial charge in [-0.1, -0.05) is 46.3 Å². The van der Waals surface area contributed by atoms with E-state index in [-0.39, 0.29) is 36.6 Å². The average Bonchev–Trinajstić information content (AvgIpc) is 3.07. The molecular formula is C22H22BrN3O3. The molecule has 0 unspecified atom stereocenters. The summed E-state index contributed by atoms with van der Waals surface area (Å²) in [5, 5.41) is 3.05. The van der Waals surface area contributed by atoms with E-state index in [0.29, 0.717) is 17.8 Å². The highest BCUT2D eigenvalue weighted by Crippen LogP contribution is 2.44. The van der Waals surface area contributed by atoms with Crippen LogP contribution in [0, 0.1) is 0 Å². The molecule has 150 valence electrons. The molecule has 2 aliphatic rings. The first-order valence-corrected chi connectivity index (χ1v) is 10.5. The van der Waals surface area contributed by atoms with Crippen LogP contribution in [0.3, 0.4) is 0 Å². The van der Waals surface area contributed by atoms with Crippen LogP contribution in [-0.4, -0.2) is 34.8 Å². The molecule has 0 bridgehead atoms. The third-order valence-electron chi connectivity index (χ3n) is 5.77. The number of halogens is 1. The van der Waals surface area contributed by atoms with Crippen LogP contribution < -0.4 is 10.2 Å². The van der Waals surface area contributed by atoms with Crippen LogP contribution in [0.1, 0.15) is 48.7 Å². The number of nitrogens with one attached hydrogen (secondary N) is 1. The predicted octanol–water partition coefficient (Wildman–Crippen LogP) is 3.63. The maximum absolute atomic E-state index is 13.7. The second-order valence-electron chi connectivity index (χ2n) is 7.33. The molecule has 0 saturated carbocycles. The van der Waals surface area contributed by atoms with E-state index in [1.807, 2.05) is 38.1 Å². The molecule has 1 saturated heterocycles. The normalized spacial score (nSPS) is 21.6. The van der Waals surface area contributed by atoms with E-state index in [4.69, 9.17) is 0 Å². The molecule has 1 N–H and O–H groups in total. The molecule has 0 spiro atoms. The number of likely N-dealkylation sites (N-methyl/N-ethyl adjacent to an activating group) is 1. The minimum Gasteiger partial charge on any atom is -0.346 e. The minimum absolute atomic E-state index is 0.146. The molecule has 7 heteroatoms. The van der Waals surface area contributed by atoms with Crippen molar-refractivity contribution in [3.05, 3.63) is 64.1 Å². The fourth-order valence-corrected chi connectivity index (χ4v) is 5.05. The lowest BCUT2D eigenvalue weighted by Crippen LogP contribution is -2.70. The van der Waals surface area contributed by atoms with Crippen molar-refractivity contribution >= 4 is 39.3 Å². The second kappa shape index (κ2) is 7.30. The van der Waals surface area contributed by atoms with Gasteiger partial charge in [-0.3, -0.25) is 19.3 Å². The highest BCUT2D eigenvalue weighted by molar-refractivity contribution is 9.10. The van der Waals surface area contributed by atoms with E-state index in [1.165, 1.54) is 9.80 Å². The Morgan fingerprint density at radius 1 is 1.17 bits per heavy atom. The number of fused-ring (bicyclic) bond motifs is 3. The zero-order valence-corrected chi connectivity index (χ0v) is 17.9. The highest BCUT2D eigenvalue weighted by atomic mass is 79.9. The van der Waals surface area contributed by atoms with Crippen molar-refractivity contribution in [1.29, 1.82) is 0 Å². The number of hydrogen-bond donors (Lipinski definition) is 1. The number of hydrogen-bond acceptors (Lipinski definition) is 3. The van der Waals surface area contributed by atoms with Gasteiger partial charge in [-0.25, -0.2) is 0 Å². The Kier molecular flexibility index (Phi) is 4.94. The van der Waals surface area contributed by atoms with Crippen LogP contribution in [0.15, 0.2) is 53.0 Å². The minimum atomic E-state index is -1.34. The molecule has 2 aromatic carbocycles. The number of amides is 3. The van der Waals surface area contributed by atoms with Gasteiger partial charge < -0.3 is 10.2 Å². The van der Waals surface area contributed by atoms with Crippen molar-refractivity contribution in [2.24, 2.45) is 0 Å². The molecule has 4 rings (SSSR count). The molecule has 1 fully saturated rings. The fraction of sp³-hybridized carbons (Fsp3) is 0.318. The summed E-state index contributed by atoms with van der Waals surface area (Å²) in [6, 6.07) is 14.4. The Balaban J connectivity index is 1.77. The van der Waals surface area contributed by atoms with Gasteiger partial charge in [0.15, 0.2) is 0 Å². The first-order valence-electron chi connectivity index (χ1n) is 9.71. The summed E-state index contributed by atoms with van der Waals surface area (Å²) < 4.78 is 0.891. The summed E-state index contributed by atoms with van der Waals surface area (Å²) in [5.74, 6) is -0.707. The number of rotatable bonds is 4. The van der Waals surface area contributed by atoms with Crippen molar-refractivity contribution in [2.75, 3.05) is 11.4 Å². The fourth-order valence-electron chi connectivity index (χ4n) is 4.42. The molecule has 6 nitrogen and oxygen atoms in total. The summed E-state index contributed by atoms with van der Waals surface area (Å²) in [6.07, 6.45) is 0.489. The molecule has 2 heterocycles. The highest BCUT2D eigenvalue weighted by Gasteiger charge is 2.60. The van der Waals surface area contributed by atoms with Crippen LogP contribution in [0.2, 0.25) is 0 Å². The molecule has 29 heavy (non-hydrogen) atoms. The lowest BCUT2D eigenvalue weighted by molar-refractivity contribution is -0.134. The van der Waals surface area contributed by atoms with Crippen LogP contribution in [0.5, 0.6) is 0 Å². The van der Waals surface area contributed by atoms with Crippen LogP contribution in [-0.2, 0) is 9.59 Å². The first kappa shape index (κ1) is 19.6. The average molecular weight is 456 g/mol. The Morgan fingerprint density at radius 3 is 2.59 bits per heavy atom. The quantitative estimate of drug-likeness (QED) is 0.764. The molecule has 2 atom stereocenters. The van der Waals surface area contributed by atoms with Gasteiger partial charge in [0, 0.05) is 23.9 Å². The summed E-state index contributed by atoms with van der Waals surface area (Å²) in [5.41, 5.74) is 0.547. The van der Waals surface area contributed by atoms with Gasteiger partial charge in [0.2, 0.25) is 11.6 Å². The van der Waals surface area contributed by atoms with Gasteiger partial charge in [0.25, 0.3) is 11.8 Å². The van der Waals surface area contributed by atoms with Crippen LogP contribution >= 0.6 is 15.9 Å². The zero-order chi connectivity index (χ0) is 20.8. The van der Waals surface area contributed by atoms with Gasteiger partial charge >= 0.3 is 0 Å². The van der Waals surface area contributed by atoms with E-state index in [9.17, 15) is 14.4 Å². The van der Waals surface area contributed by atoms with Gasteiger partial charge in [-0.15, -0.1) is 0 Å². The zero-order valence-electron chi connectivity index (χ0n) is 16.3.